The summed E-state index contributed by atoms with van der Waals surface area (Å²) in [5.41, 5.74) is 2.07. The van der Waals surface area contributed by atoms with Crippen LogP contribution in [-0.2, 0) is 14.4 Å². The van der Waals surface area contributed by atoms with Gasteiger partial charge in [0.25, 0.3) is 0 Å². The fourth-order valence-corrected chi connectivity index (χ4v) is 4.65. The minimum Gasteiger partial charge on any atom is -0.342 e. The molecule has 3 amide bonds. The lowest BCUT2D eigenvalue weighted by molar-refractivity contribution is -0.135. The summed E-state index contributed by atoms with van der Waals surface area (Å²) in [5.74, 6) is 0.326. The van der Waals surface area contributed by atoms with Crippen LogP contribution >= 0.6 is 0 Å². The van der Waals surface area contributed by atoms with Crippen molar-refractivity contribution in [2.75, 3.05) is 57.3 Å². The molecule has 2 aliphatic rings. The van der Waals surface area contributed by atoms with Crippen molar-refractivity contribution in [1.29, 1.82) is 0 Å². The largest absolute Gasteiger partial charge is 0.342 e. The van der Waals surface area contributed by atoms with Crippen LogP contribution in [0.2, 0.25) is 0 Å². The van der Waals surface area contributed by atoms with E-state index in [-0.39, 0.29) is 30.1 Å². The zero-order valence-corrected chi connectivity index (χ0v) is 20.0. The number of carbonyl (C=O) groups excluding carboxylic acids is 3. The number of amides is 3. The van der Waals surface area contributed by atoms with Gasteiger partial charge >= 0.3 is 0 Å². The Balaban J connectivity index is 1.58. The van der Waals surface area contributed by atoms with Gasteiger partial charge in [-0.25, -0.2) is 0 Å². The first-order valence-electron chi connectivity index (χ1n) is 12.0. The van der Waals surface area contributed by atoms with Crippen LogP contribution in [0.3, 0.4) is 0 Å². The Morgan fingerprint density at radius 1 is 1.09 bits per heavy atom. The lowest BCUT2D eigenvalue weighted by Gasteiger charge is -2.26. The van der Waals surface area contributed by atoms with E-state index in [1.165, 1.54) is 5.56 Å². The third-order valence-electron chi connectivity index (χ3n) is 6.70. The van der Waals surface area contributed by atoms with E-state index < -0.39 is 0 Å². The molecule has 3 rings (SSSR count). The van der Waals surface area contributed by atoms with Crippen LogP contribution in [-0.4, -0.2) is 84.8 Å². The normalized spacial score (nSPS) is 20.0. The van der Waals surface area contributed by atoms with E-state index in [9.17, 15) is 14.4 Å². The number of nitrogens with zero attached hydrogens (tertiary/aromatic N) is 4. The Kier molecular flexibility index (Phi) is 8.29. The lowest BCUT2D eigenvalue weighted by atomic mass is 10.0. The zero-order chi connectivity index (χ0) is 23.3. The molecule has 2 heterocycles. The molecule has 1 aromatic rings. The van der Waals surface area contributed by atoms with Gasteiger partial charge in [-0.2, -0.15) is 0 Å². The lowest BCUT2D eigenvalue weighted by Crippen LogP contribution is -2.43. The first-order chi connectivity index (χ1) is 15.3. The molecule has 1 unspecified atom stereocenters. The molecule has 0 radical (unpaired) electrons. The topological polar surface area (TPSA) is 64.2 Å². The van der Waals surface area contributed by atoms with Crippen LogP contribution in [0.5, 0.6) is 0 Å². The molecule has 176 valence electrons. The molecule has 0 aliphatic carbocycles. The average Bonchev–Trinajstić information content (AvgIpc) is 3.02. The number of carbonyl (C=O) groups is 3. The second kappa shape index (κ2) is 10.9. The molecule has 2 aliphatic heterocycles. The molecule has 7 heteroatoms. The maximum absolute atomic E-state index is 13.2. The third kappa shape index (κ3) is 5.68. The monoisotopic (exact) mass is 442 g/mol. The van der Waals surface area contributed by atoms with Gasteiger partial charge in [0.2, 0.25) is 17.7 Å². The first-order valence-corrected chi connectivity index (χ1v) is 12.0. The summed E-state index contributed by atoms with van der Waals surface area (Å²) in [6.45, 7) is 13.4. The zero-order valence-electron chi connectivity index (χ0n) is 20.0. The van der Waals surface area contributed by atoms with Crippen molar-refractivity contribution in [1.82, 2.24) is 14.7 Å². The van der Waals surface area contributed by atoms with Crippen LogP contribution in [0.1, 0.15) is 52.0 Å². The predicted octanol–water partition coefficient (Wildman–Crippen LogP) is 2.57. The Morgan fingerprint density at radius 3 is 2.53 bits per heavy atom. The molecule has 0 spiro atoms. The molecule has 0 N–H and O–H groups in total. The van der Waals surface area contributed by atoms with E-state index in [0.29, 0.717) is 38.6 Å². The molecule has 0 saturated carbocycles. The van der Waals surface area contributed by atoms with Crippen LogP contribution in [0.15, 0.2) is 24.3 Å². The summed E-state index contributed by atoms with van der Waals surface area (Å²) in [5, 5.41) is 0. The Hall–Kier alpha value is -2.41. The number of anilines is 1. The van der Waals surface area contributed by atoms with Crippen LogP contribution in [0, 0.1) is 5.92 Å². The second-order valence-corrected chi connectivity index (χ2v) is 9.18. The van der Waals surface area contributed by atoms with Gasteiger partial charge in [-0.1, -0.05) is 26.0 Å². The fraction of sp³-hybridized carbons (Fsp3) is 0.640. The van der Waals surface area contributed by atoms with E-state index in [4.69, 9.17) is 0 Å². The van der Waals surface area contributed by atoms with Crippen molar-refractivity contribution in [2.24, 2.45) is 5.92 Å². The van der Waals surface area contributed by atoms with Crippen molar-refractivity contribution in [2.45, 2.75) is 46.5 Å². The summed E-state index contributed by atoms with van der Waals surface area (Å²) in [7, 11) is 0. The maximum atomic E-state index is 13.2. The Morgan fingerprint density at radius 2 is 1.84 bits per heavy atom. The second-order valence-electron chi connectivity index (χ2n) is 9.18. The van der Waals surface area contributed by atoms with Crippen molar-refractivity contribution in [3.05, 3.63) is 29.8 Å². The Labute approximate surface area is 192 Å². The van der Waals surface area contributed by atoms with Crippen molar-refractivity contribution in [3.63, 3.8) is 0 Å². The number of rotatable bonds is 7. The molecular formula is C25H38N4O3. The highest BCUT2D eigenvalue weighted by molar-refractivity contribution is 6.00. The summed E-state index contributed by atoms with van der Waals surface area (Å²) >= 11 is 0. The standard InChI is InChI=1S/C25H38N4O3/c1-5-27(6-2)24(31)18-26-11-8-12-28(14-13-26)25(32)21-16-23(30)29(17-21)22-10-7-9-20(15-22)19(3)4/h7,9-10,15,19,21H,5-6,8,11-14,16-18H2,1-4H3. The SMILES string of the molecule is CCN(CC)C(=O)CN1CCCN(C(=O)C2CC(=O)N(c3cccc(C(C)C)c3)C2)CC1. The van der Waals surface area contributed by atoms with Gasteiger partial charge in [0, 0.05) is 57.9 Å². The van der Waals surface area contributed by atoms with E-state index in [1.807, 2.05) is 35.8 Å². The molecule has 2 fully saturated rings. The molecule has 1 aromatic carbocycles. The highest BCUT2D eigenvalue weighted by Gasteiger charge is 2.37. The first kappa shape index (κ1) is 24.2. The highest BCUT2D eigenvalue weighted by Crippen LogP contribution is 2.29. The number of likely N-dealkylation sites (N-methyl/N-ethyl adjacent to an activating group) is 1. The van der Waals surface area contributed by atoms with Gasteiger partial charge in [0.05, 0.1) is 12.5 Å². The van der Waals surface area contributed by atoms with Gasteiger partial charge in [0.1, 0.15) is 0 Å². The van der Waals surface area contributed by atoms with Gasteiger partial charge in [-0.15, -0.1) is 0 Å². The fourth-order valence-electron chi connectivity index (χ4n) is 4.65. The van der Waals surface area contributed by atoms with Gasteiger partial charge in [0.15, 0.2) is 0 Å². The van der Waals surface area contributed by atoms with Crippen LogP contribution < -0.4 is 4.90 Å². The molecule has 0 aromatic heterocycles. The van der Waals surface area contributed by atoms with E-state index >= 15 is 0 Å². The highest BCUT2D eigenvalue weighted by atomic mass is 16.2. The molecule has 2 saturated heterocycles. The Bertz CT molecular complexity index is 821. The van der Waals surface area contributed by atoms with E-state index in [1.54, 1.807) is 4.90 Å². The smallest absolute Gasteiger partial charge is 0.236 e. The number of hydrogen-bond donors (Lipinski definition) is 0. The quantitative estimate of drug-likeness (QED) is 0.651. The average molecular weight is 443 g/mol. The van der Waals surface area contributed by atoms with Gasteiger partial charge < -0.3 is 14.7 Å². The minimum atomic E-state index is -0.297. The molecule has 0 bridgehead atoms. The van der Waals surface area contributed by atoms with Gasteiger partial charge in [-0.3, -0.25) is 19.3 Å². The van der Waals surface area contributed by atoms with E-state index in [0.717, 1.165) is 31.7 Å². The van der Waals surface area contributed by atoms with Crippen molar-refractivity contribution < 1.29 is 14.4 Å². The maximum Gasteiger partial charge on any atom is 0.236 e. The van der Waals surface area contributed by atoms with E-state index in [2.05, 4.69) is 30.9 Å². The molecule has 1 atom stereocenters. The predicted molar refractivity (Wildman–Crippen MR) is 127 cm³/mol. The summed E-state index contributed by atoms with van der Waals surface area (Å²) in [6, 6.07) is 8.07. The van der Waals surface area contributed by atoms with Crippen LogP contribution in [0.4, 0.5) is 5.69 Å². The number of hydrogen-bond acceptors (Lipinski definition) is 4. The van der Waals surface area contributed by atoms with Crippen molar-refractivity contribution >= 4 is 23.4 Å². The van der Waals surface area contributed by atoms with Crippen LogP contribution in [0.25, 0.3) is 0 Å². The molecular weight excluding hydrogens is 404 g/mol. The minimum absolute atomic E-state index is 0.0190. The number of benzene rings is 1. The molecule has 7 nitrogen and oxygen atoms in total. The molecule has 32 heavy (non-hydrogen) atoms. The summed E-state index contributed by atoms with van der Waals surface area (Å²) in [4.78, 5) is 46.1. The van der Waals surface area contributed by atoms with Crippen molar-refractivity contribution in [3.8, 4) is 0 Å². The van der Waals surface area contributed by atoms with Gasteiger partial charge in [-0.05, 0) is 43.9 Å². The third-order valence-corrected chi connectivity index (χ3v) is 6.70. The summed E-state index contributed by atoms with van der Waals surface area (Å²) in [6.07, 6.45) is 1.11. The summed E-state index contributed by atoms with van der Waals surface area (Å²) < 4.78 is 0.